The first-order valence-corrected chi connectivity index (χ1v) is 7.32. The van der Waals surface area contributed by atoms with Crippen LogP contribution in [-0.4, -0.2) is 30.6 Å². The molecule has 1 aromatic carbocycles. The van der Waals surface area contributed by atoms with Gasteiger partial charge in [0.25, 0.3) is 0 Å². The topological polar surface area (TPSA) is 15.3 Å². The highest BCUT2D eigenvalue weighted by atomic mass is 35.5. The van der Waals surface area contributed by atoms with E-state index in [1.807, 2.05) is 0 Å². The van der Waals surface area contributed by atoms with Gasteiger partial charge in [-0.3, -0.25) is 0 Å². The molecule has 0 radical (unpaired) electrons. The molecule has 19 heavy (non-hydrogen) atoms. The van der Waals surface area contributed by atoms with Crippen molar-refractivity contribution in [3.63, 3.8) is 0 Å². The van der Waals surface area contributed by atoms with Crippen LogP contribution in [0.25, 0.3) is 0 Å². The van der Waals surface area contributed by atoms with Crippen molar-refractivity contribution in [1.82, 2.24) is 10.2 Å². The van der Waals surface area contributed by atoms with Gasteiger partial charge in [-0.25, -0.2) is 4.39 Å². The van der Waals surface area contributed by atoms with Gasteiger partial charge in [-0.2, -0.15) is 0 Å². The fourth-order valence-electron chi connectivity index (χ4n) is 2.59. The number of nitrogens with zero attached hydrogens (tertiary/aromatic N) is 1. The summed E-state index contributed by atoms with van der Waals surface area (Å²) in [6, 6.07) is 5.32. The molecule has 1 N–H and O–H groups in total. The molecule has 106 valence electrons. The summed E-state index contributed by atoms with van der Waals surface area (Å²) in [6.45, 7) is 8.27. The monoisotopic (exact) mass is 284 g/mol. The fraction of sp³-hybridized carbons (Fsp3) is 0.600. The van der Waals surface area contributed by atoms with E-state index >= 15 is 0 Å². The first kappa shape index (κ1) is 14.8. The SMILES string of the molecule is CC(C)N1CCC(CNCc2cc(Cl)ccc2F)C1. The van der Waals surface area contributed by atoms with E-state index in [1.165, 1.54) is 19.0 Å². The van der Waals surface area contributed by atoms with E-state index in [9.17, 15) is 4.39 Å². The minimum atomic E-state index is -0.188. The Labute approximate surface area is 119 Å². The zero-order valence-electron chi connectivity index (χ0n) is 11.6. The van der Waals surface area contributed by atoms with Crippen molar-refractivity contribution >= 4 is 11.6 Å². The normalized spacial score (nSPS) is 20.4. The number of hydrogen-bond donors (Lipinski definition) is 1. The van der Waals surface area contributed by atoms with Gasteiger partial charge in [0, 0.05) is 29.7 Å². The van der Waals surface area contributed by atoms with Crippen LogP contribution in [0, 0.1) is 11.7 Å². The highest BCUT2D eigenvalue weighted by Crippen LogP contribution is 2.18. The van der Waals surface area contributed by atoms with Gasteiger partial charge in [0.15, 0.2) is 0 Å². The smallest absolute Gasteiger partial charge is 0.127 e. The Balaban J connectivity index is 1.77. The lowest BCUT2D eigenvalue weighted by atomic mass is 10.1. The van der Waals surface area contributed by atoms with Crippen LogP contribution in [0.5, 0.6) is 0 Å². The average molecular weight is 285 g/mol. The Kier molecular flexibility index (Phi) is 5.20. The first-order valence-electron chi connectivity index (χ1n) is 6.95. The summed E-state index contributed by atoms with van der Waals surface area (Å²) < 4.78 is 13.5. The molecule has 1 atom stereocenters. The van der Waals surface area contributed by atoms with Crippen molar-refractivity contribution in [2.45, 2.75) is 32.9 Å². The van der Waals surface area contributed by atoms with Gasteiger partial charge in [-0.05, 0) is 57.5 Å². The van der Waals surface area contributed by atoms with Crippen LogP contribution >= 0.6 is 11.6 Å². The van der Waals surface area contributed by atoms with Crippen LogP contribution in [0.2, 0.25) is 5.02 Å². The molecule has 0 aromatic heterocycles. The summed E-state index contributed by atoms with van der Waals surface area (Å²) in [5, 5.41) is 3.93. The molecule has 0 amide bonds. The molecular weight excluding hydrogens is 263 g/mol. The van der Waals surface area contributed by atoms with Gasteiger partial charge in [-0.1, -0.05) is 11.6 Å². The first-order chi connectivity index (χ1) is 9.06. The Morgan fingerprint density at radius 1 is 1.47 bits per heavy atom. The zero-order valence-corrected chi connectivity index (χ0v) is 12.4. The van der Waals surface area contributed by atoms with Crippen LogP contribution in [0.4, 0.5) is 4.39 Å². The largest absolute Gasteiger partial charge is 0.312 e. The number of benzene rings is 1. The Hall–Kier alpha value is -0.640. The van der Waals surface area contributed by atoms with Crippen LogP contribution < -0.4 is 5.32 Å². The number of hydrogen-bond acceptors (Lipinski definition) is 2. The molecule has 0 spiro atoms. The van der Waals surface area contributed by atoms with Crippen LogP contribution in [0.1, 0.15) is 25.8 Å². The predicted molar refractivity (Wildman–Crippen MR) is 77.9 cm³/mol. The van der Waals surface area contributed by atoms with Crippen molar-refractivity contribution < 1.29 is 4.39 Å². The minimum Gasteiger partial charge on any atom is -0.312 e. The van der Waals surface area contributed by atoms with E-state index < -0.39 is 0 Å². The van der Waals surface area contributed by atoms with Crippen molar-refractivity contribution in [3.8, 4) is 0 Å². The van der Waals surface area contributed by atoms with E-state index in [1.54, 1.807) is 12.1 Å². The third-order valence-corrected chi connectivity index (χ3v) is 4.04. The number of nitrogens with one attached hydrogen (secondary N) is 1. The molecule has 0 saturated carbocycles. The standard InChI is InChI=1S/C15H22ClFN2/c1-11(2)19-6-5-12(10-19)8-18-9-13-7-14(16)3-4-15(13)17/h3-4,7,11-12,18H,5-6,8-10H2,1-2H3. The van der Waals surface area contributed by atoms with E-state index in [-0.39, 0.29) is 5.82 Å². The van der Waals surface area contributed by atoms with Crippen LogP contribution in [-0.2, 0) is 6.54 Å². The highest BCUT2D eigenvalue weighted by molar-refractivity contribution is 6.30. The van der Waals surface area contributed by atoms with Crippen LogP contribution in [0.15, 0.2) is 18.2 Å². The maximum Gasteiger partial charge on any atom is 0.127 e. The molecule has 1 aliphatic heterocycles. The zero-order chi connectivity index (χ0) is 13.8. The lowest BCUT2D eigenvalue weighted by Gasteiger charge is -2.20. The van der Waals surface area contributed by atoms with Crippen LogP contribution in [0.3, 0.4) is 0 Å². The highest BCUT2D eigenvalue weighted by Gasteiger charge is 2.23. The molecule has 1 aromatic rings. The second-order valence-electron chi connectivity index (χ2n) is 5.61. The number of halogens is 2. The molecule has 1 unspecified atom stereocenters. The molecule has 2 nitrogen and oxygen atoms in total. The van der Waals surface area contributed by atoms with E-state index in [2.05, 4.69) is 24.1 Å². The Bertz CT molecular complexity index is 423. The summed E-state index contributed by atoms with van der Waals surface area (Å²) in [6.07, 6.45) is 1.23. The molecule has 1 heterocycles. The summed E-state index contributed by atoms with van der Waals surface area (Å²) >= 11 is 5.88. The Morgan fingerprint density at radius 2 is 2.26 bits per heavy atom. The summed E-state index contributed by atoms with van der Waals surface area (Å²) in [5.41, 5.74) is 0.645. The lowest BCUT2D eigenvalue weighted by Crippen LogP contribution is -2.30. The Morgan fingerprint density at radius 3 is 2.95 bits per heavy atom. The van der Waals surface area contributed by atoms with Gasteiger partial charge < -0.3 is 10.2 Å². The van der Waals surface area contributed by atoms with E-state index in [0.29, 0.717) is 29.1 Å². The molecule has 0 aliphatic carbocycles. The van der Waals surface area contributed by atoms with Gasteiger partial charge in [-0.15, -0.1) is 0 Å². The quantitative estimate of drug-likeness (QED) is 0.892. The maximum absolute atomic E-state index is 13.5. The maximum atomic E-state index is 13.5. The number of rotatable bonds is 5. The molecule has 4 heteroatoms. The number of likely N-dealkylation sites (tertiary alicyclic amines) is 1. The predicted octanol–water partition coefficient (Wildman–Crippen LogP) is 3.30. The molecular formula is C15H22ClFN2. The fourth-order valence-corrected chi connectivity index (χ4v) is 2.78. The van der Waals surface area contributed by atoms with Gasteiger partial charge in [0.05, 0.1) is 0 Å². The van der Waals surface area contributed by atoms with E-state index in [4.69, 9.17) is 11.6 Å². The van der Waals surface area contributed by atoms with Gasteiger partial charge in [0.2, 0.25) is 0 Å². The second kappa shape index (κ2) is 6.69. The third-order valence-electron chi connectivity index (χ3n) is 3.80. The van der Waals surface area contributed by atoms with Gasteiger partial charge >= 0.3 is 0 Å². The van der Waals surface area contributed by atoms with Crippen molar-refractivity contribution in [2.24, 2.45) is 5.92 Å². The molecule has 0 bridgehead atoms. The second-order valence-corrected chi connectivity index (χ2v) is 6.05. The molecule has 1 aliphatic rings. The lowest BCUT2D eigenvalue weighted by molar-refractivity contribution is 0.264. The third kappa shape index (κ3) is 4.16. The summed E-state index contributed by atoms with van der Waals surface area (Å²) in [7, 11) is 0. The molecule has 1 fully saturated rings. The average Bonchev–Trinajstić information content (AvgIpc) is 2.82. The summed E-state index contributed by atoms with van der Waals surface area (Å²) in [5.74, 6) is 0.483. The van der Waals surface area contributed by atoms with Gasteiger partial charge in [0.1, 0.15) is 5.82 Å². The van der Waals surface area contributed by atoms with E-state index in [0.717, 1.165) is 13.1 Å². The van der Waals surface area contributed by atoms with Crippen molar-refractivity contribution in [1.29, 1.82) is 0 Å². The van der Waals surface area contributed by atoms with Crippen molar-refractivity contribution in [3.05, 3.63) is 34.6 Å². The molecule has 1 saturated heterocycles. The minimum absolute atomic E-state index is 0.188. The summed E-state index contributed by atoms with van der Waals surface area (Å²) in [4.78, 5) is 2.49. The van der Waals surface area contributed by atoms with Crippen molar-refractivity contribution in [2.75, 3.05) is 19.6 Å². The molecule has 2 rings (SSSR count).